The zero-order valence-electron chi connectivity index (χ0n) is 12.0. The van der Waals surface area contributed by atoms with Gasteiger partial charge in [0.1, 0.15) is 11.9 Å². The highest BCUT2D eigenvalue weighted by molar-refractivity contribution is 5.54. The molecule has 1 aliphatic carbocycles. The molecule has 2 fully saturated rings. The minimum Gasteiger partial charge on any atom is -0.381 e. The van der Waals surface area contributed by atoms with Gasteiger partial charge in [0.2, 0.25) is 0 Å². The molecule has 1 saturated carbocycles. The van der Waals surface area contributed by atoms with E-state index < -0.39 is 0 Å². The van der Waals surface area contributed by atoms with Gasteiger partial charge in [0, 0.05) is 31.8 Å². The van der Waals surface area contributed by atoms with Crippen molar-refractivity contribution >= 4 is 5.82 Å². The number of hydrogen-bond acceptors (Lipinski definition) is 4. The van der Waals surface area contributed by atoms with Crippen molar-refractivity contribution < 1.29 is 4.74 Å². The molecule has 20 heavy (non-hydrogen) atoms. The standard InChI is InChI=1S/C16H21N3O/c1-20-14-6-2-7-16(14)8-4-10-19(12-16)15-13(11-17)5-3-9-18-15/h3,5,9,14H,2,4,6-8,10,12H2,1H3/t14-,16-/m1/s1. The Kier molecular flexibility index (Phi) is 3.62. The monoisotopic (exact) mass is 271 g/mol. The number of hydrogen-bond donors (Lipinski definition) is 0. The molecule has 3 rings (SSSR count). The largest absolute Gasteiger partial charge is 0.381 e. The van der Waals surface area contributed by atoms with Gasteiger partial charge in [0.25, 0.3) is 0 Å². The Bertz CT molecular complexity index is 525. The first-order valence-corrected chi connectivity index (χ1v) is 7.42. The van der Waals surface area contributed by atoms with Crippen LogP contribution in [-0.2, 0) is 4.74 Å². The van der Waals surface area contributed by atoms with Gasteiger partial charge in [-0.1, -0.05) is 6.42 Å². The third-order valence-electron chi connectivity index (χ3n) is 4.92. The first-order valence-electron chi connectivity index (χ1n) is 7.42. The van der Waals surface area contributed by atoms with Gasteiger partial charge in [-0.05, 0) is 37.8 Å². The van der Waals surface area contributed by atoms with Gasteiger partial charge in [0.15, 0.2) is 0 Å². The molecule has 4 heteroatoms. The summed E-state index contributed by atoms with van der Waals surface area (Å²) in [5, 5.41) is 9.26. The third-order valence-corrected chi connectivity index (χ3v) is 4.92. The highest BCUT2D eigenvalue weighted by atomic mass is 16.5. The maximum Gasteiger partial charge on any atom is 0.146 e. The SMILES string of the molecule is CO[C@@H]1CCC[C@]12CCCN(c1ncccc1C#N)C2. The van der Waals surface area contributed by atoms with Crippen molar-refractivity contribution in [2.24, 2.45) is 5.41 Å². The molecule has 0 bridgehead atoms. The summed E-state index contributed by atoms with van der Waals surface area (Å²) in [6.07, 6.45) is 8.17. The molecule has 2 heterocycles. The molecule has 4 nitrogen and oxygen atoms in total. The molecule has 0 amide bonds. The van der Waals surface area contributed by atoms with Crippen LogP contribution >= 0.6 is 0 Å². The predicted octanol–water partition coefficient (Wildman–Crippen LogP) is 2.74. The zero-order valence-corrected chi connectivity index (χ0v) is 12.0. The van der Waals surface area contributed by atoms with Crippen LogP contribution < -0.4 is 4.90 Å². The van der Waals surface area contributed by atoms with Gasteiger partial charge in [-0.25, -0.2) is 4.98 Å². The van der Waals surface area contributed by atoms with E-state index in [1.165, 1.54) is 19.3 Å². The third kappa shape index (κ3) is 2.16. The van der Waals surface area contributed by atoms with Crippen molar-refractivity contribution in [3.63, 3.8) is 0 Å². The molecule has 1 aromatic rings. The Morgan fingerprint density at radius 3 is 3.10 bits per heavy atom. The van der Waals surface area contributed by atoms with E-state index in [9.17, 15) is 5.26 Å². The normalized spacial score (nSPS) is 29.6. The van der Waals surface area contributed by atoms with Crippen molar-refractivity contribution in [2.75, 3.05) is 25.1 Å². The number of anilines is 1. The zero-order chi connectivity index (χ0) is 14.0. The molecule has 0 aromatic carbocycles. The highest BCUT2D eigenvalue weighted by Gasteiger charge is 2.46. The Morgan fingerprint density at radius 2 is 2.30 bits per heavy atom. The van der Waals surface area contributed by atoms with Gasteiger partial charge < -0.3 is 9.64 Å². The van der Waals surface area contributed by atoms with Crippen LogP contribution in [-0.4, -0.2) is 31.3 Å². The second kappa shape index (κ2) is 5.41. The number of methoxy groups -OCH3 is 1. The Labute approximate surface area is 120 Å². The molecule has 2 atom stereocenters. The lowest BCUT2D eigenvalue weighted by Gasteiger charge is -2.44. The summed E-state index contributed by atoms with van der Waals surface area (Å²) in [5.74, 6) is 0.843. The van der Waals surface area contributed by atoms with Crippen molar-refractivity contribution in [1.29, 1.82) is 5.26 Å². The van der Waals surface area contributed by atoms with Crippen molar-refractivity contribution in [3.8, 4) is 6.07 Å². The van der Waals surface area contributed by atoms with Gasteiger partial charge in [-0.15, -0.1) is 0 Å². The predicted molar refractivity (Wildman–Crippen MR) is 77.5 cm³/mol. The van der Waals surface area contributed by atoms with Gasteiger partial charge in [-0.2, -0.15) is 5.26 Å². The van der Waals surface area contributed by atoms with Crippen LogP contribution in [0.5, 0.6) is 0 Å². The van der Waals surface area contributed by atoms with Gasteiger partial charge in [0.05, 0.1) is 11.7 Å². The lowest BCUT2D eigenvalue weighted by atomic mass is 9.76. The molecule has 1 saturated heterocycles. The summed E-state index contributed by atoms with van der Waals surface area (Å²) in [7, 11) is 1.83. The molecule has 106 valence electrons. The molecule has 1 aliphatic heterocycles. The Balaban J connectivity index is 1.87. The summed E-state index contributed by atoms with van der Waals surface area (Å²) < 4.78 is 5.73. The van der Waals surface area contributed by atoms with Crippen LogP contribution in [0.3, 0.4) is 0 Å². The summed E-state index contributed by atoms with van der Waals surface area (Å²) in [6, 6.07) is 5.94. The fourth-order valence-corrected chi connectivity index (χ4v) is 4.02. The summed E-state index contributed by atoms with van der Waals surface area (Å²) >= 11 is 0. The molecule has 0 radical (unpaired) electrons. The van der Waals surface area contributed by atoms with Crippen molar-refractivity contribution in [1.82, 2.24) is 4.98 Å². The summed E-state index contributed by atoms with van der Waals surface area (Å²) in [6.45, 7) is 1.96. The van der Waals surface area contributed by atoms with E-state index in [0.29, 0.717) is 11.7 Å². The highest BCUT2D eigenvalue weighted by Crippen LogP contribution is 2.47. The maximum atomic E-state index is 9.26. The van der Waals surface area contributed by atoms with E-state index in [1.54, 1.807) is 6.20 Å². The molecular weight excluding hydrogens is 250 g/mol. The molecule has 1 aromatic heterocycles. The Morgan fingerprint density at radius 1 is 1.45 bits per heavy atom. The lowest BCUT2D eigenvalue weighted by Crippen LogP contribution is -2.48. The number of nitriles is 1. The van der Waals surface area contributed by atoms with Gasteiger partial charge >= 0.3 is 0 Å². The minimum atomic E-state index is 0.261. The quantitative estimate of drug-likeness (QED) is 0.830. The van der Waals surface area contributed by atoms with Crippen molar-refractivity contribution in [3.05, 3.63) is 23.9 Å². The topological polar surface area (TPSA) is 49.1 Å². The molecule has 0 unspecified atom stereocenters. The van der Waals surface area contributed by atoms with Gasteiger partial charge in [-0.3, -0.25) is 0 Å². The van der Waals surface area contributed by atoms with Crippen LogP contribution in [0.1, 0.15) is 37.7 Å². The number of nitrogens with zero attached hydrogens (tertiary/aromatic N) is 3. The van der Waals surface area contributed by atoms with E-state index in [2.05, 4.69) is 16.0 Å². The molecule has 0 N–H and O–H groups in total. The summed E-state index contributed by atoms with van der Waals surface area (Å²) in [4.78, 5) is 6.73. The van der Waals surface area contributed by atoms with Crippen molar-refractivity contribution in [2.45, 2.75) is 38.2 Å². The van der Waals surface area contributed by atoms with Crippen LogP contribution in [0.2, 0.25) is 0 Å². The lowest BCUT2D eigenvalue weighted by molar-refractivity contribution is 0.00215. The smallest absolute Gasteiger partial charge is 0.146 e. The average molecular weight is 271 g/mol. The molecular formula is C16H21N3O. The van der Waals surface area contributed by atoms with Crippen LogP contribution in [0.25, 0.3) is 0 Å². The number of ether oxygens (including phenoxy) is 1. The van der Waals surface area contributed by atoms with E-state index >= 15 is 0 Å². The Hall–Kier alpha value is -1.60. The number of aromatic nitrogens is 1. The molecule has 1 spiro atoms. The summed E-state index contributed by atoms with van der Waals surface area (Å²) in [5.41, 5.74) is 0.938. The van der Waals surface area contributed by atoms with E-state index in [4.69, 9.17) is 4.74 Å². The van der Waals surface area contributed by atoms with Crippen LogP contribution in [0.4, 0.5) is 5.82 Å². The van der Waals surface area contributed by atoms with Crippen LogP contribution in [0.15, 0.2) is 18.3 Å². The maximum absolute atomic E-state index is 9.26. The number of piperidine rings is 1. The number of pyridine rings is 1. The number of rotatable bonds is 2. The van der Waals surface area contributed by atoms with E-state index in [1.807, 2.05) is 19.2 Å². The fourth-order valence-electron chi connectivity index (χ4n) is 4.02. The fraction of sp³-hybridized carbons (Fsp3) is 0.625. The van der Waals surface area contributed by atoms with E-state index in [0.717, 1.165) is 31.7 Å². The van der Waals surface area contributed by atoms with E-state index in [-0.39, 0.29) is 5.41 Å². The molecule has 2 aliphatic rings. The first-order chi connectivity index (χ1) is 9.79. The first kappa shape index (κ1) is 13.4. The van der Waals surface area contributed by atoms with Crippen LogP contribution in [0, 0.1) is 16.7 Å². The second-order valence-electron chi connectivity index (χ2n) is 5.99. The second-order valence-corrected chi connectivity index (χ2v) is 5.99. The minimum absolute atomic E-state index is 0.261. The average Bonchev–Trinajstić information content (AvgIpc) is 2.89.